The minimum Gasteiger partial charge on any atom is -0.397 e. The van der Waals surface area contributed by atoms with Crippen LogP contribution in [0.15, 0.2) is 45.8 Å². The van der Waals surface area contributed by atoms with E-state index in [9.17, 15) is 9.59 Å². The van der Waals surface area contributed by atoms with Crippen LogP contribution in [0.25, 0.3) is 0 Å². The number of nitrogens with zero attached hydrogens (tertiary/aromatic N) is 1. The van der Waals surface area contributed by atoms with Crippen molar-refractivity contribution in [3.63, 3.8) is 0 Å². The first-order valence-electron chi connectivity index (χ1n) is 6.48. The molecule has 110 valence electrons. The first-order chi connectivity index (χ1) is 9.97. The molecule has 0 saturated heterocycles. The van der Waals surface area contributed by atoms with Crippen molar-refractivity contribution in [2.24, 2.45) is 0 Å². The van der Waals surface area contributed by atoms with E-state index in [2.05, 4.69) is 21.2 Å². The maximum absolute atomic E-state index is 11.9. The van der Waals surface area contributed by atoms with Gasteiger partial charge in [0.05, 0.1) is 11.4 Å². The van der Waals surface area contributed by atoms with Gasteiger partial charge in [-0.15, -0.1) is 0 Å². The van der Waals surface area contributed by atoms with E-state index in [4.69, 9.17) is 5.73 Å². The summed E-state index contributed by atoms with van der Waals surface area (Å²) in [4.78, 5) is 23.9. The number of hydrogen-bond donors (Lipinski definition) is 2. The number of carbonyl (C=O) groups excluding carboxylic acids is 1. The Hall–Kier alpha value is -2.08. The number of amides is 1. The SMILES string of the molecule is Cc1cc(Br)cn(CCC(=O)Nc2ccccc2N)c1=O. The molecule has 2 aromatic rings. The molecule has 0 aliphatic carbocycles. The summed E-state index contributed by atoms with van der Waals surface area (Å²) >= 11 is 3.34. The van der Waals surface area contributed by atoms with E-state index < -0.39 is 0 Å². The van der Waals surface area contributed by atoms with Crippen LogP contribution in [0.1, 0.15) is 12.0 Å². The zero-order chi connectivity index (χ0) is 15.4. The van der Waals surface area contributed by atoms with Gasteiger partial charge in [-0.3, -0.25) is 9.59 Å². The number of nitrogen functional groups attached to an aromatic ring is 1. The summed E-state index contributed by atoms with van der Waals surface area (Å²) in [6, 6.07) is 8.81. The Balaban J connectivity index is 2.02. The molecule has 0 unspecified atom stereocenters. The molecule has 0 saturated carbocycles. The fraction of sp³-hybridized carbons (Fsp3) is 0.200. The van der Waals surface area contributed by atoms with Crippen LogP contribution in [0.2, 0.25) is 0 Å². The van der Waals surface area contributed by atoms with Crippen LogP contribution in [0.3, 0.4) is 0 Å². The summed E-state index contributed by atoms with van der Waals surface area (Å²) in [7, 11) is 0. The van der Waals surface area contributed by atoms with Crippen LogP contribution in [0.4, 0.5) is 11.4 Å². The molecule has 3 N–H and O–H groups in total. The Morgan fingerprint density at radius 3 is 2.81 bits per heavy atom. The van der Waals surface area contributed by atoms with Gasteiger partial charge >= 0.3 is 0 Å². The number of nitrogens with two attached hydrogens (primary N) is 1. The third-order valence-electron chi connectivity index (χ3n) is 3.05. The van der Waals surface area contributed by atoms with Crippen LogP contribution >= 0.6 is 15.9 Å². The molecule has 6 heteroatoms. The molecule has 0 fully saturated rings. The predicted molar refractivity (Wildman–Crippen MR) is 87.2 cm³/mol. The molecule has 0 atom stereocenters. The van der Waals surface area contributed by atoms with Gasteiger partial charge in [-0.1, -0.05) is 12.1 Å². The number of halogens is 1. The first kappa shape index (κ1) is 15.3. The Morgan fingerprint density at radius 1 is 1.38 bits per heavy atom. The van der Waals surface area contributed by atoms with Gasteiger partial charge in [-0.05, 0) is 41.1 Å². The molecule has 0 aliphatic rings. The first-order valence-corrected chi connectivity index (χ1v) is 7.27. The van der Waals surface area contributed by atoms with E-state index in [0.29, 0.717) is 23.5 Å². The molecule has 1 heterocycles. The lowest BCUT2D eigenvalue weighted by atomic mass is 10.2. The smallest absolute Gasteiger partial charge is 0.253 e. The molecule has 1 amide bonds. The van der Waals surface area contributed by atoms with Gasteiger partial charge in [0.2, 0.25) is 5.91 Å². The van der Waals surface area contributed by atoms with Crippen molar-refractivity contribution in [2.45, 2.75) is 19.9 Å². The van der Waals surface area contributed by atoms with Crippen molar-refractivity contribution in [1.82, 2.24) is 4.57 Å². The van der Waals surface area contributed by atoms with Crippen LogP contribution in [0.5, 0.6) is 0 Å². The fourth-order valence-corrected chi connectivity index (χ4v) is 2.54. The van der Waals surface area contributed by atoms with Crippen molar-refractivity contribution in [3.05, 3.63) is 56.9 Å². The second-order valence-electron chi connectivity index (χ2n) is 4.73. The van der Waals surface area contributed by atoms with E-state index >= 15 is 0 Å². The third kappa shape index (κ3) is 3.95. The minimum absolute atomic E-state index is 0.0924. The van der Waals surface area contributed by atoms with E-state index in [-0.39, 0.29) is 17.9 Å². The van der Waals surface area contributed by atoms with Gasteiger partial charge in [0.1, 0.15) is 0 Å². The number of rotatable bonds is 4. The number of aromatic nitrogens is 1. The van der Waals surface area contributed by atoms with Gasteiger partial charge in [0.25, 0.3) is 5.56 Å². The molecule has 0 spiro atoms. The van der Waals surface area contributed by atoms with Crippen molar-refractivity contribution < 1.29 is 4.79 Å². The highest BCUT2D eigenvalue weighted by atomic mass is 79.9. The van der Waals surface area contributed by atoms with Crippen molar-refractivity contribution in [1.29, 1.82) is 0 Å². The zero-order valence-corrected chi connectivity index (χ0v) is 13.2. The lowest BCUT2D eigenvalue weighted by Gasteiger charge is -2.10. The Labute approximate surface area is 130 Å². The lowest BCUT2D eigenvalue weighted by Crippen LogP contribution is -2.24. The number of anilines is 2. The Morgan fingerprint density at radius 2 is 2.10 bits per heavy atom. The highest BCUT2D eigenvalue weighted by Gasteiger charge is 2.07. The average Bonchev–Trinajstić information content (AvgIpc) is 2.44. The highest BCUT2D eigenvalue weighted by molar-refractivity contribution is 9.10. The molecule has 0 aliphatic heterocycles. The molecule has 1 aromatic carbocycles. The van der Waals surface area contributed by atoms with Crippen LogP contribution in [0, 0.1) is 6.92 Å². The third-order valence-corrected chi connectivity index (χ3v) is 3.48. The van der Waals surface area contributed by atoms with Crippen molar-refractivity contribution in [2.75, 3.05) is 11.1 Å². The summed E-state index contributed by atoms with van der Waals surface area (Å²) < 4.78 is 2.33. The number of benzene rings is 1. The quantitative estimate of drug-likeness (QED) is 0.832. The Bertz CT molecular complexity index is 725. The number of nitrogens with one attached hydrogen (secondary N) is 1. The molecule has 0 radical (unpaired) electrons. The van der Waals surface area contributed by atoms with Crippen molar-refractivity contribution in [3.8, 4) is 0 Å². The molecular formula is C15H16BrN3O2. The second kappa shape index (κ2) is 6.58. The topological polar surface area (TPSA) is 77.1 Å². The van der Waals surface area contributed by atoms with Gasteiger partial charge < -0.3 is 15.6 Å². The fourth-order valence-electron chi connectivity index (χ4n) is 1.95. The predicted octanol–water partition coefficient (Wildman–Crippen LogP) is 2.53. The summed E-state index contributed by atoms with van der Waals surface area (Å²) in [5.41, 5.74) is 7.41. The number of hydrogen-bond acceptors (Lipinski definition) is 3. The summed E-state index contributed by atoms with van der Waals surface area (Å²) in [5.74, 6) is -0.183. The standard InChI is InChI=1S/C15H16BrN3O2/c1-10-8-11(16)9-19(15(10)21)7-6-14(20)18-13-5-3-2-4-12(13)17/h2-5,8-9H,6-7,17H2,1H3,(H,18,20). The molecule has 0 bridgehead atoms. The van der Waals surface area contributed by atoms with Crippen molar-refractivity contribution >= 4 is 33.2 Å². The lowest BCUT2D eigenvalue weighted by molar-refractivity contribution is -0.116. The molecule has 21 heavy (non-hydrogen) atoms. The van der Waals surface area contributed by atoms with Gasteiger partial charge in [0, 0.05) is 29.2 Å². The van der Waals surface area contributed by atoms with Crippen LogP contribution in [-0.2, 0) is 11.3 Å². The molecule has 5 nitrogen and oxygen atoms in total. The van der Waals surface area contributed by atoms with E-state index in [1.54, 1.807) is 43.5 Å². The Kier molecular flexibility index (Phi) is 4.80. The van der Waals surface area contributed by atoms with E-state index in [1.165, 1.54) is 4.57 Å². The number of aryl methyl sites for hydroxylation is 2. The van der Waals surface area contributed by atoms with E-state index in [0.717, 1.165) is 4.47 Å². The average molecular weight is 350 g/mol. The van der Waals surface area contributed by atoms with Crippen LogP contribution < -0.4 is 16.6 Å². The highest BCUT2D eigenvalue weighted by Crippen LogP contribution is 2.16. The van der Waals surface area contributed by atoms with Crippen LogP contribution in [-0.4, -0.2) is 10.5 Å². The summed E-state index contributed by atoms with van der Waals surface area (Å²) in [6.45, 7) is 2.06. The van der Waals surface area contributed by atoms with Gasteiger partial charge in [-0.2, -0.15) is 0 Å². The molecular weight excluding hydrogens is 334 g/mol. The zero-order valence-electron chi connectivity index (χ0n) is 11.6. The number of para-hydroxylation sites is 2. The number of carbonyl (C=O) groups is 1. The van der Waals surface area contributed by atoms with Gasteiger partial charge in [-0.25, -0.2) is 0 Å². The van der Waals surface area contributed by atoms with Gasteiger partial charge in [0.15, 0.2) is 0 Å². The maximum atomic E-state index is 11.9. The minimum atomic E-state index is -0.183. The molecule has 1 aromatic heterocycles. The normalized spacial score (nSPS) is 10.4. The summed E-state index contributed by atoms with van der Waals surface area (Å²) in [5, 5.41) is 2.74. The molecule has 2 rings (SSSR count). The largest absolute Gasteiger partial charge is 0.397 e. The number of pyridine rings is 1. The summed E-state index contributed by atoms with van der Waals surface area (Å²) in [6.07, 6.45) is 1.88. The van der Waals surface area contributed by atoms with E-state index in [1.807, 2.05) is 0 Å². The second-order valence-corrected chi connectivity index (χ2v) is 5.64. The monoisotopic (exact) mass is 349 g/mol. The maximum Gasteiger partial charge on any atom is 0.253 e.